The van der Waals surface area contributed by atoms with Crippen molar-refractivity contribution in [2.24, 2.45) is 0 Å². The predicted octanol–water partition coefficient (Wildman–Crippen LogP) is 2.41. The number of sulfonamides is 1. The van der Waals surface area contributed by atoms with Crippen molar-refractivity contribution in [3.05, 3.63) is 27.8 Å². The van der Waals surface area contributed by atoms with E-state index in [4.69, 9.17) is 0 Å². The van der Waals surface area contributed by atoms with E-state index in [2.05, 4.69) is 10.0 Å². The lowest BCUT2D eigenvalue weighted by Crippen LogP contribution is -2.25. The third-order valence-corrected chi connectivity index (χ3v) is 4.49. The molecular formula is C13H21N3O4S. The highest BCUT2D eigenvalue weighted by atomic mass is 32.2. The van der Waals surface area contributed by atoms with Crippen LogP contribution in [0.25, 0.3) is 0 Å². The summed E-state index contributed by atoms with van der Waals surface area (Å²) in [5, 5.41) is 14.1. The molecule has 7 nitrogen and oxygen atoms in total. The Hall–Kier alpha value is -1.67. The van der Waals surface area contributed by atoms with E-state index in [0.717, 1.165) is 12.5 Å². The van der Waals surface area contributed by atoms with Gasteiger partial charge in [0.05, 0.1) is 9.82 Å². The van der Waals surface area contributed by atoms with Crippen LogP contribution in [0, 0.1) is 17.0 Å². The molecule has 0 radical (unpaired) electrons. The molecule has 0 unspecified atom stereocenters. The molecule has 0 amide bonds. The normalized spacial score (nSPS) is 11.4. The van der Waals surface area contributed by atoms with Crippen molar-refractivity contribution in [2.75, 3.05) is 18.4 Å². The number of hydrogen-bond acceptors (Lipinski definition) is 5. The number of nitrogens with zero attached hydrogens (tertiary/aromatic N) is 1. The topological polar surface area (TPSA) is 101 Å². The minimum atomic E-state index is -3.73. The van der Waals surface area contributed by atoms with Gasteiger partial charge in [0.25, 0.3) is 5.69 Å². The molecule has 1 aromatic rings. The number of anilines is 1. The molecule has 1 aromatic carbocycles. The lowest BCUT2D eigenvalue weighted by Gasteiger charge is -2.12. The molecule has 1 rings (SSSR count). The fourth-order valence-corrected chi connectivity index (χ4v) is 3.21. The van der Waals surface area contributed by atoms with Crippen molar-refractivity contribution in [3.63, 3.8) is 0 Å². The van der Waals surface area contributed by atoms with Crippen LogP contribution in [0.1, 0.15) is 32.3 Å². The second kappa shape index (κ2) is 7.37. The largest absolute Gasteiger partial charge is 0.379 e. The highest BCUT2D eigenvalue weighted by Crippen LogP contribution is 2.30. The zero-order chi connectivity index (χ0) is 16.0. The van der Waals surface area contributed by atoms with Crippen LogP contribution >= 0.6 is 0 Å². The minimum absolute atomic E-state index is 0.0512. The van der Waals surface area contributed by atoms with Gasteiger partial charge in [-0.3, -0.25) is 10.1 Å². The van der Waals surface area contributed by atoms with Crippen LogP contribution in [-0.2, 0) is 10.0 Å². The van der Waals surface area contributed by atoms with E-state index in [0.29, 0.717) is 30.8 Å². The first-order chi connectivity index (χ1) is 9.83. The van der Waals surface area contributed by atoms with Crippen molar-refractivity contribution in [1.29, 1.82) is 0 Å². The molecule has 0 aliphatic carbocycles. The molecular weight excluding hydrogens is 294 g/mol. The molecule has 118 valence electrons. The summed E-state index contributed by atoms with van der Waals surface area (Å²) in [7, 11) is -3.73. The third-order valence-electron chi connectivity index (χ3n) is 2.89. The van der Waals surface area contributed by atoms with E-state index in [-0.39, 0.29) is 10.6 Å². The fraction of sp³-hybridized carbons (Fsp3) is 0.538. The quantitative estimate of drug-likeness (QED) is 0.566. The molecule has 0 fully saturated rings. The van der Waals surface area contributed by atoms with Crippen LogP contribution < -0.4 is 10.0 Å². The first-order valence-corrected chi connectivity index (χ1v) is 8.34. The lowest BCUT2D eigenvalue weighted by atomic mass is 10.2. The zero-order valence-electron chi connectivity index (χ0n) is 12.5. The summed E-state index contributed by atoms with van der Waals surface area (Å²) in [5.41, 5.74) is 0.586. The molecule has 2 N–H and O–H groups in total. The Morgan fingerprint density at radius 3 is 2.33 bits per heavy atom. The Labute approximate surface area is 124 Å². The lowest BCUT2D eigenvalue weighted by molar-refractivity contribution is -0.384. The average molecular weight is 315 g/mol. The number of nitrogens with one attached hydrogen (secondary N) is 2. The van der Waals surface area contributed by atoms with E-state index in [1.807, 2.05) is 13.8 Å². The summed E-state index contributed by atoms with van der Waals surface area (Å²) in [4.78, 5) is 10.5. The van der Waals surface area contributed by atoms with Gasteiger partial charge in [0.1, 0.15) is 5.69 Å². The molecule has 0 spiro atoms. The highest BCUT2D eigenvalue weighted by Gasteiger charge is 2.23. The molecule has 0 aliphatic rings. The number of hydrogen-bond donors (Lipinski definition) is 2. The molecule has 8 heteroatoms. The maximum Gasteiger partial charge on any atom is 0.293 e. The minimum Gasteiger partial charge on any atom is -0.379 e. The third kappa shape index (κ3) is 4.40. The van der Waals surface area contributed by atoms with Crippen molar-refractivity contribution in [3.8, 4) is 0 Å². The smallest absolute Gasteiger partial charge is 0.293 e. The summed E-state index contributed by atoms with van der Waals surface area (Å²) < 4.78 is 26.7. The molecule has 0 aliphatic heterocycles. The van der Waals surface area contributed by atoms with E-state index in [1.165, 1.54) is 6.07 Å². The Kier molecular flexibility index (Phi) is 6.10. The molecule has 21 heavy (non-hydrogen) atoms. The Balaban J connectivity index is 3.30. The van der Waals surface area contributed by atoms with Gasteiger partial charge in [-0.05, 0) is 31.4 Å². The standard InChI is InChI=1S/C13H21N3O4S/c1-4-6-14-11-8-10(3)13(9-12(11)16(17)18)21(19,20)15-7-5-2/h8-9,14-15H,4-7H2,1-3H3. The number of nitro benzene ring substituents is 1. The first-order valence-electron chi connectivity index (χ1n) is 6.86. The predicted molar refractivity (Wildman–Crippen MR) is 82.1 cm³/mol. The summed E-state index contributed by atoms with van der Waals surface area (Å²) >= 11 is 0. The van der Waals surface area contributed by atoms with Gasteiger partial charge in [0.2, 0.25) is 10.0 Å². The van der Waals surface area contributed by atoms with E-state index >= 15 is 0 Å². The van der Waals surface area contributed by atoms with Gasteiger partial charge in [-0.1, -0.05) is 13.8 Å². The number of nitro groups is 1. The monoisotopic (exact) mass is 315 g/mol. The van der Waals surface area contributed by atoms with Gasteiger partial charge in [-0.2, -0.15) is 0 Å². The van der Waals surface area contributed by atoms with Gasteiger partial charge in [0, 0.05) is 19.2 Å². The maximum absolute atomic E-state index is 12.2. The summed E-state index contributed by atoms with van der Waals surface area (Å²) in [6.45, 7) is 6.29. The molecule has 0 aromatic heterocycles. The van der Waals surface area contributed by atoms with Gasteiger partial charge >= 0.3 is 0 Å². The average Bonchev–Trinajstić information content (AvgIpc) is 2.42. The van der Waals surface area contributed by atoms with Crippen molar-refractivity contribution in [2.45, 2.75) is 38.5 Å². The van der Waals surface area contributed by atoms with E-state index < -0.39 is 14.9 Å². The fourth-order valence-electron chi connectivity index (χ4n) is 1.83. The molecule has 0 bridgehead atoms. The van der Waals surface area contributed by atoms with E-state index in [9.17, 15) is 18.5 Å². The highest BCUT2D eigenvalue weighted by molar-refractivity contribution is 7.89. The van der Waals surface area contributed by atoms with Crippen LogP contribution in [0.5, 0.6) is 0 Å². The molecule has 0 heterocycles. The molecule has 0 saturated carbocycles. The summed E-state index contributed by atoms with van der Waals surface area (Å²) in [6.07, 6.45) is 1.46. The van der Waals surface area contributed by atoms with Crippen LogP contribution in [0.4, 0.5) is 11.4 Å². The van der Waals surface area contributed by atoms with Gasteiger partial charge in [-0.25, -0.2) is 13.1 Å². The Morgan fingerprint density at radius 1 is 1.19 bits per heavy atom. The SMILES string of the molecule is CCCNc1cc(C)c(S(=O)(=O)NCCC)cc1[N+](=O)[O-]. The second-order valence-corrected chi connectivity index (χ2v) is 6.45. The number of benzene rings is 1. The summed E-state index contributed by atoms with van der Waals surface area (Å²) in [5.74, 6) is 0. The van der Waals surface area contributed by atoms with Crippen molar-refractivity contribution < 1.29 is 13.3 Å². The zero-order valence-corrected chi connectivity index (χ0v) is 13.3. The molecule has 0 saturated heterocycles. The van der Waals surface area contributed by atoms with Gasteiger partial charge < -0.3 is 5.32 Å². The van der Waals surface area contributed by atoms with Crippen LogP contribution in [0.3, 0.4) is 0 Å². The number of rotatable bonds is 8. The van der Waals surface area contributed by atoms with Gasteiger partial charge in [0.15, 0.2) is 0 Å². The van der Waals surface area contributed by atoms with Crippen LogP contribution in [-0.4, -0.2) is 26.4 Å². The summed E-state index contributed by atoms with van der Waals surface area (Å²) in [6, 6.07) is 2.62. The van der Waals surface area contributed by atoms with E-state index in [1.54, 1.807) is 6.92 Å². The van der Waals surface area contributed by atoms with Crippen molar-refractivity contribution >= 4 is 21.4 Å². The van der Waals surface area contributed by atoms with Crippen LogP contribution in [0.15, 0.2) is 17.0 Å². The second-order valence-electron chi connectivity index (χ2n) is 4.72. The van der Waals surface area contributed by atoms with Crippen molar-refractivity contribution in [1.82, 2.24) is 4.72 Å². The first kappa shape index (κ1) is 17.4. The van der Waals surface area contributed by atoms with Crippen LogP contribution in [0.2, 0.25) is 0 Å². The Bertz CT molecular complexity index is 614. The number of aryl methyl sites for hydroxylation is 1. The van der Waals surface area contributed by atoms with Gasteiger partial charge in [-0.15, -0.1) is 0 Å². The molecule has 0 atom stereocenters. The Morgan fingerprint density at radius 2 is 1.81 bits per heavy atom. The maximum atomic E-state index is 12.2.